The summed E-state index contributed by atoms with van der Waals surface area (Å²) in [6.45, 7) is 17.5. The largest absolute Gasteiger partial charge is 0.444 e. The molecule has 0 atom stereocenters. The Labute approximate surface area is 139 Å². The maximum atomic E-state index is 12.6. The molecule has 0 radical (unpaired) electrons. The van der Waals surface area contributed by atoms with Crippen molar-refractivity contribution >= 4 is 6.09 Å². The molecule has 0 aliphatic carbocycles. The predicted octanol–water partition coefficient (Wildman–Crippen LogP) is 3.15. The summed E-state index contributed by atoms with van der Waals surface area (Å²) in [6.07, 6.45) is 0.397. The van der Waals surface area contributed by atoms with Gasteiger partial charge >= 0.3 is 6.09 Å². The number of nitrogens with zero attached hydrogens (tertiary/aromatic N) is 4. The maximum absolute atomic E-state index is 12.6. The molecule has 0 saturated carbocycles. The van der Waals surface area contributed by atoms with Crippen LogP contribution < -0.4 is 0 Å². The Balaban J connectivity index is 2.30. The number of rotatable bonds is 0. The van der Waals surface area contributed by atoms with Crippen molar-refractivity contribution < 1.29 is 9.53 Å². The van der Waals surface area contributed by atoms with E-state index in [9.17, 15) is 4.79 Å². The highest BCUT2D eigenvalue weighted by Crippen LogP contribution is 2.29. The number of carbonyl (C=O) groups excluding carboxylic acids is 1. The lowest BCUT2D eigenvalue weighted by Gasteiger charge is -2.37. The minimum atomic E-state index is -0.495. The number of hydrogen-bond acceptors (Lipinski definition) is 4. The first-order valence-electron chi connectivity index (χ1n) is 8.24. The quantitative estimate of drug-likeness (QED) is 0.736. The van der Waals surface area contributed by atoms with Crippen molar-refractivity contribution in [2.24, 2.45) is 0 Å². The summed E-state index contributed by atoms with van der Waals surface area (Å²) in [5.74, 6) is 1.90. The smallest absolute Gasteiger partial charge is 0.410 e. The fourth-order valence-electron chi connectivity index (χ4n) is 2.90. The summed E-state index contributed by atoms with van der Waals surface area (Å²) in [5, 5.41) is 8.77. The van der Waals surface area contributed by atoms with Crippen LogP contribution in [0.25, 0.3) is 0 Å². The fourth-order valence-corrected chi connectivity index (χ4v) is 2.90. The average Bonchev–Trinajstić information content (AvgIpc) is 2.63. The number of ether oxygens (including phenoxy) is 1. The highest BCUT2D eigenvalue weighted by molar-refractivity contribution is 5.69. The van der Waals surface area contributed by atoms with Crippen LogP contribution in [-0.4, -0.2) is 43.4 Å². The van der Waals surface area contributed by atoms with Crippen LogP contribution in [0.4, 0.5) is 4.79 Å². The molecular weight excluding hydrogens is 292 g/mol. The molecule has 0 N–H and O–H groups in total. The number of carbonyl (C=O) groups is 1. The molecule has 0 bridgehead atoms. The first-order chi connectivity index (χ1) is 10.3. The lowest BCUT2D eigenvalue weighted by Crippen LogP contribution is -2.50. The summed E-state index contributed by atoms with van der Waals surface area (Å²) in [5.41, 5.74) is -0.930. The Morgan fingerprint density at radius 1 is 1.09 bits per heavy atom. The number of amides is 1. The van der Waals surface area contributed by atoms with Crippen LogP contribution in [0.1, 0.15) is 67.0 Å². The molecule has 1 aliphatic heterocycles. The van der Waals surface area contributed by atoms with Crippen molar-refractivity contribution in [2.45, 2.75) is 84.9 Å². The van der Waals surface area contributed by atoms with E-state index in [2.05, 4.69) is 49.4 Å². The van der Waals surface area contributed by atoms with Crippen molar-refractivity contribution in [1.82, 2.24) is 19.7 Å². The number of fused-ring (bicyclic) bond motifs is 1. The first-order valence-corrected chi connectivity index (χ1v) is 8.24. The van der Waals surface area contributed by atoms with Crippen molar-refractivity contribution in [1.29, 1.82) is 0 Å². The highest BCUT2D eigenvalue weighted by atomic mass is 16.6. The van der Waals surface area contributed by atoms with Crippen LogP contribution in [0.3, 0.4) is 0 Å². The average molecular weight is 322 g/mol. The Morgan fingerprint density at radius 2 is 1.70 bits per heavy atom. The molecule has 0 saturated heterocycles. The Morgan fingerprint density at radius 3 is 2.22 bits per heavy atom. The van der Waals surface area contributed by atoms with Crippen molar-refractivity contribution in [3.63, 3.8) is 0 Å². The van der Waals surface area contributed by atoms with Gasteiger partial charge in [-0.05, 0) is 34.6 Å². The Kier molecular flexibility index (Phi) is 4.24. The lowest BCUT2D eigenvalue weighted by atomic mass is 9.95. The molecule has 0 fully saturated rings. The molecule has 0 aromatic carbocycles. The van der Waals surface area contributed by atoms with Gasteiger partial charge in [0, 0.05) is 30.5 Å². The molecule has 1 aromatic rings. The van der Waals surface area contributed by atoms with E-state index in [1.54, 1.807) is 0 Å². The Bertz CT molecular complexity index is 591. The summed E-state index contributed by atoms with van der Waals surface area (Å²) in [4.78, 5) is 14.4. The monoisotopic (exact) mass is 322 g/mol. The van der Waals surface area contributed by atoms with Gasteiger partial charge in [0.15, 0.2) is 0 Å². The van der Waals surface area contributed by atoms with Gasteiger partial charge < -0.3 is 14.2 Å². The van der Waals surface area contributed by atoms with Gasteiger partial charge in [-0.1, -0.05) is 20.8 Å². The third-order valence-electron chi connectivity index (χ3n) is 3.98. The number of hydrogen-bond donors (Lipinski definition) is 0. The summed E-state index contributed by atoms with van der Waals surface area (Å²) >= 11 is 0. The third kappa shape index (κ3) is 3.85. The molecule has 2 heterocycles. The van der Waals surface area contributed by atoms with Gasteiger partial charge in [-0.3, -0.25) is 0 Å². The summed E-state index contributed by atoms with van der Waals surface area (Å²) in [6, 6.07) is 0. The standard InChI is InChI=1S/C17H30N4O2/c1-15(2,3)13-19-18-12-11-17(7,8)21(10-9-20(12)13)14(22)23-16(4,5)6/h9-11H2,1-8H3. The van der Waals surface area contributed by atoms with Crippen LogP contribution in [0.2, 0.25) is 0 Å². The van der Waals surface area contributed by atoms with E-state index in [4.69, 9.17) is 4.74 Å². The number of aromatic nitrogens is 3. The molecule has 23 heavy (non-hydrogen) atoms. The topological polar surface area (TPSA) is 60.2 Å². The van der Waals surface area contributed by atoms with E-state index in [1.807, 2.05) is 25.7 Å². The van der Waals surface area contributed by atoms with E-state index in [0.29, 0.717) is 19.5 Å². The van der Waals surface area contributed by atoms with Gasteiger partial charge in [0.05, 0.1) is 0 Å². The van der Waals surface area contributed by atoms with Crippen LogP contribution in [0, 0.1) is 0 Å². The van der Waals surface area contributed by atoms with Crippen molar-refractivity contribution in [2.75, 3.05) is 6.54 Å². The highest BCUT2D eigenvalue weighted by Gasteiger charge is 2.38. The molecule has 6 nitrogen and oxygen atoms in total. The van der Waals surface area contributed by atoms with E-state index < -0.39 is 5.60 Å². The molecule has 1 aliphatic rings. The third-order valence-corrected chi connectivity index (χ3v) is 3.98. The minimum Gasteiger partial charge on any atom is -0.444 e. The minimum absolute atomic E-state index is 0.0729. The summed E-state index contributed by atoms with van der Waals surface area (Å²) in [7, 11) is 0. The molecule has 0 unspecified atom stereocenters. The lowest BCUT2D eigenvalue weighted by molar-refractivity contribution is 0.00404. The second-order valence-electron chi connectivity index (χ2n) is 8.96. The van der Waals surface area contributed by atoms with Crippen LogP contribution in [-0.2, 0) is 23.1 Å². The van der Waals surface area contributed by atoms with Gasteiger partial charge in [0.1, 0.15) is 17.2 Å². The second kappa shape index (κ2) is 5.49. The van der Waals surface area contributed by atoms with E-state index in [1.165, 1.54) is 0 Å². The fraction of sp³-hybridized carbons (Fsp3) is 0.824. The predicted molar refractivity (Wildman–Crippen MR) is 89.4 cm³/mol. The van der Waals surface area contributed by atoms with Crippen LogP contribution >= 0.6 is 0 Å². The summed E-state index contributed by atoms with van der Waals surface area (Å²) < 4.78 is 7.74. The zero-order valence-corrected chi connectivity index (χ0v) is 15.7. The molecule has 130 valence electrons. The molecule has 1 aromatic heterocycles. The molecule has 6 heteroatoms. The van der Waals surface area contributed by atoms with E-state index >= 15 is 0 Å². The van der Waals surface area contributed by atoms with Gasteiger partial charge in [-0.25, -0.2) is 4.79 Å². The van der Waals surface area contributed by atoms with E-state index in [0.717, 1.165) is 11.6 Å². The molecule has 0 spiro atoms. The van der Waals surface area contributed by atoms with Crippen LogP contribution in [0.15, 0.2) is 0 Å². The normalized spacial score (nSPS) is 18.3. The van der Waals surface area contributed by atoms with Gasteiger partial charge in [-0.15, -0.1) is 10.2 Å². The zero-order valence-electron chi connectivity index (χ0n) is 15.7. The molecule has 2 rings (SSSR count). The SMILES string of the molecule is CC(C)(C)OC(=O)N1CCn2c(nnc2C(C)(C)C)CC1(C)C. The van der Waals surface area contributed by atoms with Gasteiger partial charge in [-0.2, -0.15) is 0 Å². The maximum Gasteiger partial charge on any atom is 0.410 e. The second-order valence-corrected chi connectivity index (χ2v) is 8.96. The zero-order chi connectivity index (χ0) is 17.6. The molecule has 1 amide bonds. The van der Waals surface area contributed by atoms with Gasteiger partial charge in [0.25, 0.3) is 0 Å². The first kappa shape index (κ1) is 17.8. The van der Waals surface area contributed by atoms with Crippen molar-refractivity contribution in [3.8, 4) is 0 Å². The van der Waals surface area contributed by atoms with Crippen molar-refractivity contribution in [3.05, 3.63) is 11.6 Å². The molecular formula is C17H30N4O2. The van der Waals surface area contributed by atoms with E-state index in [-0.39, 0.29) is 17.0 Å². The van der Waals surface area contributed by atoms with Gasteiger partial charge in [0.2, 0.25) is 0 Å². The Hall–Kier alpha value is -1.59. The van der Waals surface area contributed by atoms with Crippen LogP contribution in [0.5, 0.6) is 0 Å².